The molecule has 148 valence electrons. The van der Waals surface area contributed by atoms with Gasteiger partial charge in [-0.05, 0) is 29.8 Å². The van der Waals surface area contributed by atoms with Crippen molar-refractivity contribution in [3.63, 3.8) is 0 Å². The largest absolute Gasteiger partial charge is 0.490 e. The van der Waals surface area contributed by atoms with Crippen LogP contribution in [0.4, 0.5) is 11.4 Å². The zero-order valence-corrected chi connectivity index (χ0v) is 15.9. The molecule has 0 heterocycles. The summed E-state index contributed by atoms with van der Waals surface area (Å²) in [5.74, 6) is -0.899. The predicted molar refractivity (Wildman–Crippen MR) is 105 cm³/mol. The number of hydrogen-bond donors (Lipinski definition) is 2. The Bertz CT molecular complexity index is 865. The van der Waals surface area contributed by atoms with Crippen LogP contribution in [0.3, 0.4) is 0 Å². The molecule has 0 aromatic heterocycles. The summed E-state index contributed by atoms with van der Waals surface area (Å²) in [5.41, 5.74) is 1.73. The van der Waals surface area contributed by atoms with E-state index in [0.29, 0.717) is 6.54 Å². The Hall–Kier alpha value is -3.62. The van der Waals surface area contributed by atoms with Crippen molar-refractivity contribution in [3.8, 4) is 5.75 Å². The zero-order chi connectivity index (χ0) is 20.7. The highest BCUT2D eigenvalue weighted by atomic mass is 16.6. The van der Waals surface area contributed by atoms with Gasteiger partial charge in [-0.1, -0.05) is 12.1 Å². The zero-order valence-electron chi connectivity index (χ0n) is 15.9. The van der Waals surface area contributed by atoms with Crippen molar-refractivity contribution in [1.29, 1.82) is 0 Å². The van der Waals surface area contributed by atoms with Crippen LogP contribution in [-0.4, -0.2) is 44.5 Å². The summed E-state index contributed by atoms with van der Waals surface area (Å²) in [4.78, 5) is 36.4. The van der Waals surface area contributed by atoms with Gasteiger partial charge in [0.25, 0.3) is 5.91 Å². The van der Waals surface area contributed by atoms with Crippen LogP contribution in [0.2, 0.25) is 0 Å². The third-order valence-electron chi connectivity index (χ3n) is 3.99. The molecule has 0 fully saturated rings. The molecule has 2 aromatic rings. The van der Waals surface area contributed by atoms with E-state index in [9.17, 15) is 19.7 Å². The van der Waals surface area contributed by atoms with Crippen molar-refractivity contribution in [3.05, 3.63) is 63.7 Å². The van der Waals surface area contributed by atoms with Crippen LogP contribution in [0.25, 0.3) is 0 Å². The first-order valence-electron chi connectivity index (χ1n) is 8.45. The molecule has 9 nitrogen and oxygen atoms in total. The number of nitro groups is 1. The summed E-state index contributed by atoms with van der Waals surface area (Å²) in [6, 6.07) is 11.5. The molecule has 0 aliphatic heterocycles. The predicted octanol–water partition coefficient (Wildman–Crippen LogP) is 1.72. The molecular formula is C19H22N4O5. The minimum absolute atomic E-state index is 0.0552. The Morgan fingerprint density at radius 3 is 2.36 bits per heavy atom. The minimum Gasteiger partial charge on any atom is -0.490 e. The molecule has 0 aliphatic carbocycles. The molecule has 0 bridgehead atoms. The summed E-state index contributed by atoms with van der Waals surface area (Å²) in [5, 5.41) is 16.2. The van der Waals surface area contributed by atoms with Gasteiger partial charge in [0.15, 0.2) is 5.75 Å². The van der Waals surface area contributed by atoms with Gasteiger partial charge < -0.3 is 20.3 Å². The van der Waals surface area contributed by atoms with E-state index >= 15 is 0 Å². The van der Waals surface area contributed by atoms with Crippen LogP contribution >= 0.6 is 0 Å². The molecule has 0 saturated carbocycles. The number of rotatable bonds is 8. The second kappa shape index (κ2) is 9.36. The smallest absolute Gasteiger partial charge is 0.311 e. The van der Waals surface area contributed by atoms with Gasteiger partial charge in [0, 0.05) is 38.0 Å². The fourth-order valence-corrected chi connectivity index (χ4v) is 2.41. The van der Waals surface area contributed by atoms with E-state index in [1.807, 2.05) is 43.3 Å². The van der Waals surface area contributed by atoms with Crippen molar-refractivity contribution < 1.29 is 19.2 Å². The highest BCUT2D eigenvalue weighted by Gasteiger charge is 2.18. The van der Waals surface area contributed by atoms with E-state index in [2.05, 4.69) is 10.6 Å². The SMILES string of the molecule is COc1ccc(C(=O)NCC(=O)NCc2ccc(N(C)C)cc2)cc1[N+](=O)[O-]. The van der Waals surface area contributed by atoms with Gasteiger partial charge in [-0.25, -0.2) is 0 Å². The van der Waals surface area contributed by atoms with Gasteiger partial charge in [0.05, 0.1) is 18.6 Å². The maximum Gasteiger partial charge on any atom is 0.311 e. The van der Waals surface area contributed by atoms with Crippen LogP contribution in [0.1, 0.15) is 15.9 Å². The van der Waals surface area contributed by atoms with Gasteiger partial charge >= 0.3 is 5.69 Å². The molecule has 2 rings (SSSR count). The Labute approximate surface area is 162 Å². The molecule has 0 spiro atoms. The molecule has 9 heteroatoms. The third kappa shape index (κ3) is 5.44. The maximum atomic E-state index is 12.1. The van der Waals surface area contributed by atoms with Crippen molar-refractivity contribution in [2.24, 2.45) is 0 Å². The van der Waals surface area contributed by atoms with E-state index in [4.69, 9.17) is 4.74 Å². The lowest BCUT2D eigenvalue weighted by atomic mass is 10.1. The maximum absolute atomic E-state index is 12.1. The summed E-state index contributed by atoms with van der Waals surface area (Å²) < 4.78 is 4.89. The van der Waals surface area contributed by atoms with Crippen LogP contribution in [-0.2, 0) is 11.3 Å². The Balaban J connectivity index is 1.87. The standard InChI is InChI=1S/C19H22N4O5/c1-22(2)15-7-4-13(5-8-15)11-20-18(24)12-21-19(25)14-6-9-17(28-3)16(10-14)23(26)27/h4-10H,11-12H2,1-3H3,(H,20,24)(H,21,25). The molecule has 0 atom stereocenters. The topological polar surface area (TPSA) is 114 Å². The number of benzene rings is 2. The summed E-state index contributed by atoms with van der Waals surface area (Å²) >= 11 is 0. The number of carbonyl (C=O) groups excluding carboxylic acids is 2. The number of anilines is 1. The normalized spacial score (nSPS) is 10.1. The van der Waals surface area contributed by atoms with Crippen molar-refractivity contribution in [2.45, 2.75) is 6.54 Å². The molecule has 0 aliphatic rings. The van der Waals surface area contributed by atoms with E-state index in [0.717, 1.165) is 17.3 Å². The van der Waals surface area contributed by atoms with Crippen LogP contribution in [0.5, 0.6) is 5.75 Å². The minimum atomic E-state index is -0.635. The Morgan fingerprint density at radius 1 is 1.11 bits per heavy atom. The third-order valence-corrected chi connectivity index (χ3v) is 3.99. The number of hydrogen-bond acceptors (Lipinski definition) is 6. The molecule has 0 unspecified atom stereocenters. The number of methoxy groups -OCH3 is 1. The van der Waals surface area contributed by atoms with E-state index < -0.39 is 10.8 Å². The molecule has 28 heavy (non-hydrogen) atoms. The number of nitrogens with zero attached hydrogens (tertiary/aromatic N) is 2. The molecular weight excluding hydrogens is 364 g/mol. The number of nitrogens with one attached hydrogen (secondary N) is 2. The summed E-state index contributed by atoms with van der Waals surface area (Å²) in [6.07, 6.45) is 0. The summed E-state index contributed by atoms with van der Waals surface area (Å²) in [7, 11) is 5.19. The van der Waals surface area contributed by atoms with E-state index in [-0.39, 0.29) is 29.5 Å². The molecule has 2 amide bonds. The lowest BCUT2D eigenvalue weighted by molar-refractivity contribution is -0.385. The van der Waals surface area contributed by atoms with Crippen LogP contribution < -0.4 is 20.3 Å². The monoisotopic (exact) mass is 386 g/mol. The number of carbonyl (C=O) groups is 2. The van der Waals surface area contributed by atoms with Gasteiger partial charge in [-0.15, -0.1) is 0 Å². The quantitative estimate of drug-likeness (QED) is 0.527. The van der Waals surface area contributed by atoms with Crippen LogP contribution in [0, 0.1) is 10.1 Å². The molecule has 2 aromatic carbocycles. The lowest BCUT2D eigenvalue weighted by Crippen LogP contribution is -2.36. The molecule has 2 N–H and O–H groups in total. The Kier molecular flexibility index (Phi) is 6.91. The van der Waals surface area contributed by atoms with Crippen molar-refractivity contribution >= 4 is 23.2 Å². The molecule has 0 radical (unpaired) electrons. The van der Waals surface area contributed by atoms with E-state index in [1.165, 1.54) is 19.2 Å². The second-order valence-electron chi connectivity index (χ2n) is 6.16. The average molecular weight is 386 g/mol. The number of nitro benzene ring substituents is 1. The summed E-state index contributed by atoms with van der Waals surface area (Å²) in [6.45, 7) is 0.0882. The van der Waals surface area contributed by atoms with E-state index in [1.54, 1.807) is 0 Å². The fraction of sp³-hybridized carbons (Fsp3) is 0.263. The first kappa shape index (κ1) is 20.7. The van der Waals surface area contributed by atoms with Gasteiger partial charge in [-0.2, -0.15) is 0 Å². The lowest BCUT2D eigenvalue weighted by Gasteiger charge is -2.13. The first-order chi connectivity index (χ1) is 13.3. The Morgan fingerprint density at radius 2 is 1.79 bits per heavy atom. The van der Waals surface area contributed by atoms with Gasteiger partial charge in [0.1, 0.15) is 0 Å². The van der Waals surface area contributed by atoms with Crippen molar-refractivity contribution in [1.82, 2.24) is 10.6 Å². The number of ether oxygens (including phenoxy) is 1. The van der Waals surface area contributed by atoms with Crippen LogP contribution in [0.15, 0.2) is 42.5 Å². The first-order valence-corrected chi connectivity index (χ1v) is 8.45. The highest BCUT2D eigenvalue weighted by molar-refractivity contribution is 5.97. The van der Waals surface area contributed by atoms with Gasteiger partial charge in [0.2, 0.25) is 5.91 Å². The average Bonchev–Trinajstić information content (AvgIpc) is 2.70. The van der Waals surface area contributed by atoms with Gasteiger partial charge in [-0.3, -0.25) is 19.7 Å². The molecule has 0 saturated heterocycles. The highest BCUT2D eigenvalue weighted by Crippen LogP contribution is 2.27. The van der Waals surface area contributed by atoms with Crippen molar-refractivity contribution in [2.75, 3.05) is 32.6 Å². The fourth-order valence-electron chi connectivity index (χ4n) is 2.41. The number of amides is 2. The second-order valence-corrected chi connectivity index (χ2v) is 6.16.